The van der Waals surface area contributed by atoms with Crippen LogP contribution >= 0.6 is 0 Å². The molecule has 0 aliphatic carbocycles. The van der Waals surface area contributed by atoms with Gasteiger partial charge in [0.15, 0.2) is 0 Å². The lowest BCUT2D eigenvalue weighted by atomic mass is 10.1. The molecule has 0 unspecified atom stereocenters. The third-order valence-electron chi connectivity index (χ3n) is 2.02. The second kappa shape index (κ2) is 5.30. The summed E-state index contributed by atoms with van der Waals surface area (Å²) in [7, 11) is 0. The molecule has 0 aromatic rings. The first-order valence-electron chi connectivity index (χ1n) is 4.49. The van der Waals surface area contributed by atoms with Crippen LogP contribution in [-0.2, 0) is 9.53 Å². The van der Waals surface area contributed by atoms with Crippen molar-refractivity contribution in [1.29, 1.82) is 0 Å². The van der Waals surface area contributed by atoms with Crippen LogP contribution in [0, 0.1) is 0 Å². The van der Waals surface area contributed by atoms with Crippen LogP contribution in [0.4, 0.5) is 0 Å². The van der Waals surface area contributed by atoms with Gasteiger partial charge in [-0.3, -0.25) is 4.79 Å². The summed E-state index contributed by atoms with van der Waals surface area (Å²) in [6.45, 7) is 1.48. The van der Waals surface area contributed by atoms with Crippen LogP contribution < -0.4 is 0 Å². The van der Waals surface area contributed by atoms with Crippen molar-refractivity contribution < 1.29 is 9.53 Å². The summed E-state index contributed by atoms with van der Waals surface area (Å²) in [5.41, 5.74) is 0. The van der Waals surface area contributed by atoms with Crippen LogP contribution in [0.1, 0.15) is 38.5 Å². The van der Waals surface area contributed by atoms with Crippen molar-refractivity contribution in [3.63, 3.8) is 0 Å². The van der Waals surface area contributed by atoms with Gasteiger partial charge in [-0.05, 0) is 12.8 Å². The monoisotopic (exact) mass is 156 g/mol. The van der Waals surface area contributed by atoms with Gasteiger partial charge in [-0.1, -0.05) is 12.8 Å². The highest BCUT2D eigenvalue weighted by Gasteiger charge is 2.03. The zero-order valence-corrected chi connectivity index (χ0v) is 6.97. The minimum Gasteiger partial charge on any atom is -0.381 e. The van der Waals surface area contributed by atoms with Gasteiger partial charge in [0.2, 0.25) is 0 Å². The van der Waals surface area contributed by atoms with Crippen LogP contribution in [0.25, 0.3) is 0 Å². The number of carbonyl (C=O) groups is 1. The van der Waals surface area contributed by atoms with Gasteiger partial charge in [0.05, 0.1) is 6.61 Å². The number of Topliss-reactive ketones (excluding diaryl/α,β-unsaturated/α-hetero) is 1. The Labute approximate surface area is 67.9 Å². The largest absolute Gasteiger partial charge is 0.381 e. The lowest BCUT2D eigenvalue weighted by Gasteiger charge is -2.06. The molecule has 11 heavy (non-hydrogen) atoms. The Morgan fingerprint density at radius 3 is 2.64 bits per heavy atom. The molecule has 1 fully saturated rings. The Bertz CT molecular complexity index is 109. The minimum atomic E-state index is 0.368. The van der Waals surface area contributed by atoms with Gasteiger partial charge >= 0.3 is 0 Å². The number of hydrogen-bond donors (Lipinski definition) is 0. The number of ketones is 1. The van der Waals surface area contributed by atoms with Crippen molar-refractivity contribution in [3.8, 4) is 0 Å². The zero-order valence-electron chi connectivity index (χ0n) is 6.97. The summed E-state index contributed by atoms with van der Waals surface area (Å²) in [6, 6.07) is 0. The molecule has 0 aromatic carbocycles. The Hall–Kier alpha value is -0.370. The molecule has 1 aliphatic rings. The second-order valence-electron chi connectivity index (χ2n) is 3.07. The highest BCUT2D eigenvalue weighted by atomic mass is 16.5. The summed E-state index contributed by atoms with van der Waals surface area (Å²) in [5.74, 6) is 0.368. The Morgan fingerprint density at radius 2 is 1.73 bits per heavy atom. The maximum Gasteiger partial charge on any atom is 0.135 e. The molecule has 0 aromatic heterocycles. The van der Waals surface area contributed by atoms with Crippen LogP contribution in [-0.4, -0.2) is 19.0 Å². The summed E-state index contributed by atoms with van der Waals surface area (Å²) < 4.78 is 5.26. The van der Waals surface area contributed by atoms with Crippen molar-refractivity contribution in [1.82, 2.24) is 0 Å². The topological polar surface area (TPSA) is 26.3 Å². The standard InChI is InChI=1S/C9H16O2/c10-9-5-3-1-2-4-7-11-8-6-9/h1-8H2. The van der Waals surface area contributed by atoms with E-state index in [1.54, 1.807) is 0 Å². The Kier molecular flexibility index (Phi) is 4.21. The fourth-order valence-corrected chi connectivity index (χ4v) is 1.29. The van der Waals surface area contributed by atoms with Gasteiger partial charge in [-0.25, -0.2) is 0 Å². The van der Waals surface area contributed by atoms with Crippen LogP contribution in [0.5, 0.6) is 0 Å². The van der Waals surface area contributed by atoms with E-state index in [0.29, 0.717) is 18.8 Å². The molecule has 0 amide bonds. The Morgan fingerprint density at radius 1 is 0.909 bits per heavy atom. The van der Waals surface area contributed by atoms with Crippen molar-refractivity contribution >= 4 is 5.78 Å². The first-order chi connectivity index (χ1) is 5.39. The predicted molar refractivity (Wildman–Crippen MR) is 43.5 cm³/mol. The van der Waals surface area contributed by atoms with Crippen molar-refractivity contribution in [2.24, 2.45) is 0 Å². The smallest absolute Gasteiger partial charge is 0.135 e. The average Bonchev–Trinajstić information content (AvgIpc) is 2.03. The molecular formula is C9H16O2. The SMILES string of the molecule is O=C1CCCCCCOCC1. The molecule has 2 heteroatoms. The van der Waals surface area contributed by atoms with Crippen molar-refractivity contribution in [2.75, 3.05) is 13.2 Å². The van der Waals surface area contributed by atoms with Gasteiger partial charge in [0, 0.05) is 19.4 Å². The van der Waals surface area contributed by atoms with Gasteiger partial charge in [0.25, 0.3) is 0 Å². The lowest BCUT2D eigenvalue weighted by molar-refractivity contribution is -0.120. The van der Waals surface area contributed by atoms with E-state index in [1.165, 1.54) is 12.8 Å². The van der Waals surface area contributed by atoms with E-state index >= 15 is 0 Å². The minimum absolute atomic E-state index is 0.368. The van der Waals surface area contributed by atoms with E-state index in [4.69, 9.17) is 4.74 Å². The molecule has 0 radical (unpaired) electrons. The number of carbonyl (C=O) groups excluding carboxylic acids is 1. The highest BCUT2D eigenvalue weighted by Crippen LogP contribution is 2.07. The molecule has 0 bridgehead atoms. The van der Waals surface area contributed by atoms with Gasteiger partial charge in [-0.15, -0.1) is 0 Å². The molecule has 0 spiro atoms. The number of ether oxygens (including phenoxy) is 1. The summed E-state index contributed by atoms with van der Waals surface area (Å²) in [5, 5.41) is 0. The zero-order chi connectivity index (χ0) is 7.94. The molecule has 2 nitrogen and oxygen atoms in total. The highest BCUT2D eigenvalue weighted by molar-refractivity contribution is 5.78. The molecule has 1 saturated heterocycles. The predicted octanol–water partition coefficient (Wildman–Crippen LogP) is 1.93. The molecule has 1 aliphatic heterocycles. The summed E-state index contributed by atoms with van der Waals surface area (Å²) in [6.07, 6.45) is 6.04. The second-order valence-corrected chi connectivity index (χ2v) is 3.07. The molecule has 1 heterocycles. The summed E-state index contributed by atoms with van der Waals surface area (Å²) >= 11 is 0. The molecule has 0 atom stereocenters. The van der Waals surface area contributed by atoms with E-state index in [1.807, 2.05) is 0 Å². The number of hydrogen-bond acceptors (Lipinski definition) is 2. The molecule has 0 N–H and O–H groups in total. The molecule has 1 rings (SSSR count). The van der Waals surface area contributed by atoms with E-state index in [-0.39, 0.29) is 0 Å². The van der Waals surface area contributed by atoms with E-state index in [9.17, 15) is 4.79 Å². The van der Waals surface area contributed by atoms with Crippen LogP contribution in [0.2, 0.25) is 0 Å². The fourth-order valence-electron chi connectivity index (χ4n) is 1.29. The maximum absolute atomic E-state index is 11.0. The lowest BCUT2D eigenvalue weighted by Crippen LogP contribution is -2.06. The first kappa shape index (κ1) is 8.72. The third kappa shape index (κ3) is 4.14. The van der Waals surface area contributed by atoms with E-state index < -0.39 is 0 Å². The fraction of sp³-hybridized carbons (Fsp3) is 0.889. The summed E-state index contributed by atoms with van der Waals surface area (Å²) in [4.78, 5) is 11.0. The third-order valence-corrected chi connectivity index (χ3v) is 2.02. The normalized spacial score (nSPS) is 23.1. The first-order valence-corrected chi connectivity index (χ1v) is 4.49. The van der Waals surface area contributed by atoms with Crippen molar-refractivity contribution in [3.05, 3.63) is 0 Å². The van der Waals surface area contributed by atoms with Gasteiger partial charge in [0.1, 0.15) is 5.78 Å². The quantitative estimate of drug-likeness (QED) is 0.535. The van der Waals surface area contributed by atoms with E-state index in [0.717, 1.165) is 25.9 Å². The van der Waals surface area contributed by atoms with Gasteiger partial charge in [-0.2, -0.15) is 0 Å². The van der Waals surface area contributed by atoms with Gasteiger partial charge < -0.3 is 4.74 Å². The maximum atomic E-state index is 11.0. The molecule has 64 valence electrons. The van der Waals surface area contributed by atoms with Crippen LogP contribution in [0.15, 0.2) is 0 Å². The van der Waals surface area contributed by atoms with Crippen LogP contribution in [0.3, 0.4) is 0 Å². The van der Waals surface area contributed by atoms with E-state index in [2.05, 4.69) is 0 Å². The number of rotatable bonds is 0. The molecule has 0 saturated carbocycles. The molecular weight excluding hydrogens is 140 g/mol. The van der Waals surface area contributed by atoms with Crippen molar-refractivity contribution in [2.45, 2.75) is 38.5 Å². The average molecular weight is 156 g/mol. The Balaban J connectivity index is 2.17.